The number of fused-ring (bicyclic) bond motifs is 1. The first kappa shape index (κ1) is 18.0. The lowest BCUT2D eigenvalue weighted by molar-refractivity contribution is 0.770. The molecule has 6 nitrogen and oxygen atoms in total. The summed E-state index contributed by atoms with van der Waals surface area (Å²) < 4.78 is 2.01. The van der Waals surface area contributed by atoms with E-state index in [4.69, 9.17) is 0 Å². The van der Waals surface area contributed by atoms with Crippen molar-refractivity contribution in [2.75, 3.05) is 32.1 Å². The van der Waals surface area contributed by atoms with Gasteiger partial charge in [-0.3, -0.25) is 9.39 Å². The number of hydrogen-bond donors (Lipinski definition) is 2. The van der Waals surface area contributed by atoms with Gasteiger partial charge >= 0.3 is 0 Å². The van der Waals surface area contributed by atoms with Crippen LogP contribution in [0, 0.1) is 0 Å². The van der Waals surface area contributed by atoms with E-state index in [1.54, 1.807) is 7.05 Å². The van der Waals surface area contributed by atoms with Crippen molar-refractivity contribution in [1.29, 1.82) is 0 Å². The largest absolute Gasteiger partial charge is 0.356 e. The normalized spacial score (nSPS) is 11.2. The maximum absolute atomic E-state index is 4.20. The van der Waals surface area contributed by atoms with Gasteiger partial charge in [-0.05, 0) is 18.4 Å². The van der Waals surface area contributed by atoms with Crippen LogP contribution in [0.2, 0.25) is 0 Å². The molecule has 0 aliphatic carbocycles. The van der Waals surface area contributed by atoms with Gasteiger partial charge in [-0.2, -0.15) is 11.8 Å². The van der Waals surface area contributed by atoms with E-state index in [-0.39, 0.29) is 24.0 Å². The lowest BCUT2D eigenvalue weighted by Gasteiger charge is -2.10. The Morgan fingerprint density at radius 1 is 1.29 bits per heavy atom. The number of nitrogens with one attached hydrogen (secondary N) is 2. The van der Waals surface area contributed by atoms with Gasteiger partial charge in [-0.25, -0.2) is 0 Å². The summed E-state index contributed by atoms with van der Waals surface area (Å²) in [5.74, 6) is 2.84. The fourth-order valence-electron chi connectivity index (χ4n) is 1.85. The van der Waals surface area contributed by atoms with E-state index < -0.39 is 0 Å². The molecule has 0 aliphatic heterocycles. The van der Waals surface area contributed by atoms with Crippen molar-refractivity contribution >= 4 is 47.3 Å². The molecule has 116 valence electrons. The summed E-state index contributed by atoms with van der Waals surface area (Å²) in [6.07, 6.45) is 4.87. The topological polar surface area (TPSA) is 66.6 Å². The molecule has 0 saturated heterocycles. The molecule has 2 N–H and O–H groups in total. The molecule has 0 amide bonds. The third kappa shape index (κ3) is 5.34. The first-order valence-corrected chi connectivity index (χ1v) is 7.96. The number of aliphatic imine (C=N–C) groups is 1. The van der Waals surface area contributed by atoms with Crippen LogP contribution in [0.5, 0.6) is 0 Å². The predicted molar refractivity (Wildman–Crippen MR) is 99.9 cm³/mol. The van der Waals surface area contributed by atoms with Crippen LogP contribution in [0.15, 0.2) is 29.4 Å². The number of halogens is 1. The summed E-state index contributed by atoms with van der Waals surface area (Å²) in [5.41, 5.74) is 0.880. The summed E-state index contributed by atoms with van der Waals surface area (Å²) in [6, 6.07) is 5.90. The molecular formula is C13H21IN6S. The number of thioether (sulfide) groups is 1. The van der Waals surface area contributed by atoms with Crippen LogP contribution in [0.3, 0.4) is 0 Å². The Hall–Kier alpha value is -1.03. The summed E-state index contributed by atoms with van der Waals surface area (Å²) in [6.45, 7) is 1.68. The van der Waals surface area contributed by atoms with Gasteiger partial charge in [-0.15, -0.1) is 34.2 Å². The van der Waals surface area contributed by atoms with Crippen LogP contribution in [-0.4, -0.2) is 52.7 Å². The average Bonchev–Trinajstić information content (AvgIpc) is 2.89. The molecule has 2 heterocycles. The highest BCUT2D eigenvalue weighted by Crippen LogP contribution is 2.02. The highest BCUT2D eigenvalue weighted by molar-refractivity contribution is 14.0. The van der Waals surface area contributed by atoms with Gasteiger partial charge in [0.25, 0.3) is 0 Å². The van der Waals surface area contributed by atoms with E-state index in [1.165, 1.54) is 0 Å². The second-order valence-corrected chi connectivity index (χ2v) is 5.20. The van der Waals surface area contributed by atoms with Gasteiger partial charge in [0, 0.05) is 38.5 Å². The second-order valence-electron chi connectivity index (χ2n) is 4.21. The third-order valence-corrected chi connectivity index (χ3v) is 3.46. The van der Waals surface area contributed by atoms with Crippen molar-refractivity contribution in [2.24, 2.45) is 4.99 Å². The van der Waals surface area contributed by atoms with Gasteiger partial charge in [0.2, 0.25) is 0 Å². The van der Waals surface area contributed by atoms with Crippen molar-refractivity contribution in [3.8, 4) is 0 Å². The first-order valence-electron chi connectivity index (χ1n) is 6.57. The third-order valence-electron chi connectivity index (χ3n) is 2.85. The van der Waals surface area contributed by atoms with Crippen LogP contribution in [0.1, 0.15) is 5.82 Å². The Morgan fingerprint density at radius 2 is 2.10 bits per heavy atom. The van der Waals surface area contributed by atoms with E-state index in [1.807, 2.05) is 40.6 Å². The molecular weight excluding hydrogens is 399 g/mol. The molecule has 0 atom stereocenters. The minimum atomic E-state index is 0. The maximum Gasteiger partial charge on any atom is 0.191 e. The molecule has 21 heavy (non-hydrogen) atoms. The Morgan fingerprint density at radius 3 is 2.86 bits per heavy atom. The van der Waals surface area contributed by atoms with Gasteiger partial charge in [0.15, 0.2) is 11.6 Å². The molecule has 8 heteroatoms. The monoisotopic (exact) mass is 420 g/mol. The zero-order valence-corrected chi connectivity index (χ0v) is 15.4. The lowest BCUT2D eigenvalue weighted by Crippen LogP contribution is -2.39. The number of hydrogen-bond acceptors (Lipinski definition) is 4. The molecule has 2 aromatic rings. The summed E-state index contributed by atoms with van der Waals surface area (Å²) in [4.78, 5) is 4.18. The summed E-state index contributed by atoms with van der Waals surface area (Å²) in [5, 5.41) is 14.9. The molecule has 0 fully saturated rings. The van der Waals surface area contributed by atoms with Crippen LogP contribution < -0.4 is 10.6 Å². The fraction of sp³-hybridized carbons (Fsp3) is 0.462. The van der Waals surface area contributed by atoms with Crippen molar-refractivity contribution in [1.82, 2.24) is 25.2 Å². The van der Waals surface area contributed by atoms with Crippen molar-refractivity contribution in [3.05, 3.63) is 30.2 Å². The number of rotatable bonds is 6. The predicted octanol–water partition coefficient (Wildman–Crippen LogP) is 1.42. The standard InChI is InChI=1S/C13H20N6S.HI/c1-14-13(16-8-10-20-2)15-7-6-12-18-17-11-5-3-4-9-19(11)12;/h3-5,9H,6-8,10H2,1-2H3,(H2,14,15,16);1H. The minimum absolute atomic E-state index is 0. The van der Waals surface area contributed by atoms with Crippen LogP contribution >= 0.6 is 35.7 Å². The van der Waals surface area contributed by atoms with Crippen molar-refractivity contribution in [3.63, 3.8) is 0 Å². The van der Waals surface area contributed by atoms with Crippen LogP contribution in [0.4, 0.5) is 0 Å². The van der Waals surface area contributed by atoms with E-state index in [0.29, 0.717) is 0 Å². The highest BCUT2D eigenvalue weighted by Gasteiger charge is 2.04. The van der Waals surface area contributed by atoms with E-state index >= 15 is 0 Å². The van der Waals surface area contributed by atoms with E-state index in [9.17, 15) is 0 Å². The molecule has 2 rings (SSSR count). The molecule has 0 saturated carbocycles. The first-order chi connectivity index (χ1) is 9.85. The molecule has 0 radical (unpaired) electrons. The Balaban J connectivity index is 0.00000220. The zero-order valence-electron chi connectivity index (χ0n) is 12.2. The zero-order chi connectivity index (χ0) is 14.2. The lowest BCUT2D eigenvalue weighted by atomic mass is 10.4. The van der Waals surface area contributed by atoms with E-state index in [0.717, 1.165) is 42.7 Å². The highest BCUT2D eigenvalue weighted by atomic mass is 127. The number of aromatic nitrogens is 3. The molecule has 0 spiro atoms. The average molecular weight is 420 g/mol. The van der Waals surface area contributed by atoms with Gasteiger partial charge in [0.05, 0.1) is 0 Å². The van der Waals surface area contributed by atoms with Crippen molar-refractivity contribution < 1.29 is 0 Å². The summed E-state index contributed by atoms with van der Waals surface area (Å²) in [7, 11) is 1.78. The van der Waals surface area contributed by atoms with Gasteiger partial charge in [-0.1, -0.05) is 6.07 Å². The van der Waals surface area contributed by atoms with E-state index in [2.05, 4.69) is 32.1 Å². The van der Waals surface area contributed by atoms with Gasteiger partial charge < -0.3 is 10.6 Å². The Labute approximate surface area is 146 Å². The minimum Gasteiger partial charge on any atom is -0.356 e. The Kier molecular flexibility index (Phi) is 8.43. The summed E-state index contributed by atoms with van der Waals surface area (Å²) >= 11 is 1.81. The Bertz CT molecular complexity index is 571. The molecule has 0 unspecified atom stereocenters. The molecule has 0 bridgehead atoms. The number of guanidine groups is 1. The fourth-order valence-corrected chi connectivity index (χ4v) is 2.15. The smallest absolute Gasteiger partial charge is 0.191 e. The maximum atomic E-state index is 4.20. The number of nitrogens with zero attached hydrogens (tertiary/aromatic N) is 4. The van der Waals surface area contributed by atoms with Crippen LogP contribution in [-0.2, 0) is 6.42 Å². The molecule has 0 aromatic carbocycles. The van der Waals surface area contributed by atoms with Gasteiger partial charge in [0.1, 0.15) is 5.82 Å². The number of pyridine rings is 1. The molecule has 0 aliphatic rings. The SMILES string of the molecule is CN=C(NCCSC)NCCc1nnc2ccccn12.I. The second kappa shape index (κ2) is 9.82. The quantitative estimate of drug-likeness (QED) is 0.320. The van der Waals surface area contributed by atoms with Crippen LogP contribution in [0.25, 0.3) is 5.65 Å². The van der Waals surface area contributed by atoms with Crippen molar-refractivity contribution in [2.45, 2.75) is 6.42 Å². The molecule has 2 aromatic heterocycles.